The number of nitrogens with zero attached hydrogens (tertiary/aromatic N) is 6. The summed E-state index contributed by atoms with van der Waals surface area (Å²) in [5, 5.41) is 14.2. The van der Waals surface area contributed by atoms with Gasteiger partial charge >= 0.3 is 0 Å². The highest BCUT2D eigenvalue weighted by Gasteiger charge is 2.25. The summed E-state index contributed by atoms with van der Waals surface area (Å²) in [6, 6.07) is 13.3. The van der Waals surface area contributed by atoms with Crippen LogP contribution < -0.4 is 0 Å². The van der Waals surface area contributed by atoms with Gasteiger partial charge < -0.3 is 9.80 Å². The van der Waals surface area contributed by atoms with Crippen LogP contribution in [0.3, 0.4) is 0 Å². The molecule has 144 valence electrons. The minimum Gasteiger partial charge on any atom is -0.338 e. The molecule has 28 heavy (non-hydrogen) atoms. The minimum absolute atomic E-state index is 0.0239. The minimum atomic E-state index is 0.0239. The Morgan fingerprint density at radius 3 is 2.46 bits per heavy atom. The van der Waals surface area contributed by atoms with E-state index in [2.05, 4.69) is 15.5 Å². The average Bonchev–Trinajstić information content (AvgIpc) is 3.44. The predicted molar refractivity (Wildman–Crippen MR) is 107 cm³/mol. The van der Waals surface area contributed by atoms with Crippen molar-refractivity contribution in [3.8, 4) is 5.69 Å². The molecule has 1 aromatic carbocycles. The number of carbonyl (C=O) groups is 2. The highest BCUT2D eigenvalue weighted by molar-refractivity contribution is 7.99. The van der Waals surface area contributed by atoms with Crippen LogP contribution in [0.4, 0.5) is 0 Å². The van der Waals surface area contributed by atoms with Gasteiger partial charge in [0.25, 0.3) is 5.91 Å². The second kappa shape index (κ2) is 8.53. The number of thiophene rings is 1. The molecule has 0 spiro atoms. The average molecular weight is 415 g/mol. The number of para-hydroxylation sites is 1. The van der Waals surface area contributed by atoms with Crippen LogP contribution in [0.25, 0.3) is 5.69 Å². The van der Waals surface area contributed by atoms with Gasteiger partial charge in [0.2, 0.25) is 11.1 Å². The number of piperazine rings is 1. The normalized spacial score (nSPS) is 14.3. The van der Waals surface area contributed by atoms with Crippen molar-refractivity contribution in [3.05, 3.63) is 52.7 Å². The summed E-state index contributed by atoms with van der Waals surface area (Å²) < 4.78 is 1.62. The first-order chi connectivity index (χ1) is 13.7. The Kier molecular flexibility index (Phi) is 5.68. The number of aromatic nitrogens is 4. The van der Waals surface area contributed by atoms with Gasteiger partial charge in [-0.3, -0.25) is 9.59 Å². The van der Waals surface area contributed by atoms with E-state index < -0.39 is 0 Å². The molecule has 1 fully saturated rings. The zero-order valence-electron chi connectivity index (χ0n) is 15.0. The van der Waals surface area contributed by atoms with Gasteiger partial charge in [-0.25, -0.2) is 0 Å². The Bertz CT molecular complexity index is 936. The highest BCUT2D eigenvalue weighted by atomic mass is 32.2. The van der Waals surface area contributed by atoms with Crippen molar-refractivity contribution in [3.63, 3.8) is 0 Å². The van der Waals surface area contributed by atoms with Gasteiger partial charge in [-0.15, -0.1) is 16.4 Å². The maximum atomic E-state index is 12.6. The monoisotopic (exact) mass is 414 g/mol. The molecule has 1 aliphatic heterocycles. The van der Waals surface area contributed by atoms with E-state index in [9.17, 15) is 9.59 Å². The van der Waals surface area contributed by atoms with Gasteiger partial charge in [-0.05, 0) is 34.0 Å². The SMILES string of the molecule is O=C(CSc1nnnn1-c1ccccc1)N1CCN(C(=O)c2cccs2)CC1. The number of thioether (sulfide) groups is 1. The van der Waals surface area contributed by atoms with Crippen molar-refractivity contribution in [1.82, 2.24) is 30.0 Å². The molecule has 4 rings (SSSR count). The third-order valence-corrected chi connectivity index (χ3v) is 6.18. The Labute approximate surface area is 170 Å². The lowest BCUT2D eigenvalue weighted by Crippen LogP contribution is -2.51. The van der Waals surface area contributed by atoms with E-state index in [-0.39, 0.29) is 17.6 Å². The van der Waals surface area contributed by atoms with Gasteiger partial charge in [0.1, 0.15) is 0 Å². The first kappa shape index (κ1) is 18.6. The molecule has 0 saturated carbocycles. The second-order valence-corrected chi connectivity index (χ2v) is 8.04. The smallest absolute Gasteiger partial charge is 0.264 e. The van der Waals surface area contributed by atoms with Gasteiger partial charge in [-0.2, -0.15) is 4.68 Å². The Hall–Kier alpha value is -2.72. The number of tetrazole rings is 1. The van der Waals surface area contributed by atoms with Crippen molar-refractivity contribution in [2.24, 2.45) is 0 Å². The quantitative estimate of drug-likeness (QED) is 0.592. The second-order valence-electron chi connectivity index (χ2n) is 6.15. The van der Waals surface area contributed by atoms with E-state index in [0.717, 1.165) is 10.6 Å². The van der Waals surface area contributed by atoms with Crippen LogP contribution in [0, 0.1) is 0 Å². The van der Waals surface area contributed by atoms with E-state index in [1.54, 1.807) is 14.5 Å². The molecule has 2 amide bonds. The lowest BCUT2D eigenvalue weighted by molar-refractivity contribution is -0.129. The summed E-state index contributed by atoms with van der Waals surface area (Å²) in [6.07, 6.45) is 0. The molecule has 10 heteroatoms. The molecule has 3 aromatic rings. The molecule has 1 saturated heterocycles. The van der Waals surface area contributed by atoms with Crippen LogP contribution in [-0.4, -0.2) is 73.8 Å². The molecule has 0 atom stereocenters. The first-order valence-electron chi connectivity index (χ1n) is 8.79. The maximum Gasteiger partial charge on any atom is 0.264 e. The fourth-order valence-electron chi connectivity index (χ4n) is 2.93. The summed E-state index contributed by atoms with van der Waals surface area (Å²) in [5.74, 6) is 0.320. The molecule has 0 unspecified atom stereocenters. The summed E-state index contributed by atoms with van der Waals surface area (Å²) in [4.78, 5) is 29.3. The van der Waals surface area contributed by atoms with Crippen molar-refractivity contribution >= 4 is 34.9 Å². The topological polar surface area (TPSA) is 84.2 Å². The molecular formula is C18H18N6O2S2. The van der Waals surface area contributed by atoms with E-state index in [0.29, 0.717) is 31.3 Å². The van der Waals surface area contributed by atoms with Crippen LogP contribution in [0.2, 0.25) is 0 Å². The summed E-state index contributed by atoms with van der Waals surface area (Å²) in [5.41, 5.74) is 0.850. The van der Waals surface area contributed by atoms with Gasteiger partial charge in [0.05, 0.1) is 16.3 Å². The number of hydrogen-bond donors (Lipinski definition) is 0. The molecule has 0 aliphatic carbocycles. The molecular weight excluding hydrogens is 396 g/mol. The third kappa shape index (κ3) is 4.07. The summed E-state index contributed by atoms with van der Waals surface area (Å²) in [6.45, 7) is 2.18. The van der Waals surface area contributed by atoms with E-state index in [1.807, 2.05) is 47.8 Å². The molecule has 3 heterocycles. The Morgan fingerprint density at radius 2 is 1.75 bits per heavy atom. The standard InChI is InChI=1S/C18H18N6O2S2/c25-16(13-28-18-19-20-21-24(18)14-5-2-1-3-6-14)22-8-10-23(11-9-22)17(26)15-7-4-12-27-15/h1-7,12H,8-11,13H2. The lowest BCUT2D eigenvalue weighted by Gasteiger charge is -2.34. The zero-order chi connectivity index (χ0) is 19.3. The molecule has 8 nitrogen and oxygen atoms in total. The number of benzene rings is 1. The van der Waals surface area contributed by atoms with Crippen LogP contribution in [-0.2, 0) is 4.79 Å². The van der Waals surface area contributed by atoms with Crippen molar-refractivity contribution in [1.29, 1.82) is 0 Å². The Balaban J connectivity index is 1.30. The number of carbonyl (C=O) groups excluding carboxylic acids is 2. The third-order valence-electron chi connectivity index (χ3n) is 4.42. The number of rotatable bonds is 5. The summed E-state index contributed by atoms with van der Waals surface area (Å²) in [7, 11) is 0. The Morgan fingerprint density at radius 1 is 1.00 bits per heavy atom. The lowest BCUT2D eigenvalue weighted by atomic mass is 10.3. The zero-order valence-corrected chi connectivity index (χ0v) is 16.6. The first-order valence-corrected chi connectivity index (χ1v) is 10.7. The number of hydrogen-bond acceptors (Lipinski definition) is 7. The van der Waals surface area contributed by atoms with E-state index >= 15 is 0 Å². The predicted octanol–water partition coefficient (Wildman–Crippen LogP) is 1.80. The molecule has 1 aliphatic rings. The van der Waals surface area contributed by atoms with E-state index in [1.165, 1.54) is 23.1 Å². The maximum absolute atomic E-state index is 12.6. The molecule has 0 radical (unpaired) electrons. The number of amides is 2. The largest absolute Gasteiger partial charge is 0.338 e. The van der Waals surface area contributed by atoms with Crippen LogP contribution in [0.15, 0.2) is 53.0 Å². The van der Waals surface area contributed by atoms with Crippen molar-refractivity contribution < 1.29 is 9.59 Å². The van der Waals surface area contributed by atoms with Gasteiger partial charge in [0, 0.05) is 26.2 Å². The van der Waals surface area contributed by atoms with Gasteiger partial charge in [0.15, 0.2) is 0 Å². The van der Waals surface area contributed by atoms with Crippen LogP contribution >= 0.6 is 23.1 Å². The molecule has 0 N–H and O–H groups in total. The summed E-state index contributed by atoms with van der Waals surface area (Å²) >= 11 is 2.75. The van der Waals surface area contributed by atoms with Crippen LogP contribution in [0.1, 0.15) is 9.67 Å². The highest BCUT2D eigenvalue weighted by Crippen LogP contribution is 2.19. The molecule has 2 aromatic heterocycles. The van der Waals surface area contributed by atoms with E-state index in [4.69, 9.17) is 0 Å². The van der Waals surface area contributed by atoms with Crippen LogP contribution in [0.5, 0.6) is 0 Å². The fraction of sp³-hybridized carbons (Fsp3) is 0.278. The molecule has 0 bridgehead atoms. The van der Waals surface area contributed by atoms with Gasteiger partial charge in [-0.1, -0.05) is 36.0 Å². The fourth-order valence-corrected chi connectivity index (χ4v) is 4.42. The van der Waals surface area contributed by atoms with Crippen molar-refractivity contribution in [2.45, 2.75) is 5.16 Å². The van der Waals surface area contributed by atoms with Crippen molar-refractivity contribution in [2.75, 3.05) is 31.9 Å².